The molecule has 0 aliphatic carbocycles. The molecule has 4 heteroatoms. The number of nitrogens with one attached hydrogen (secondary N) is 1. The van der Waals surface area contributed by atoms with E-state index in [1.165, 1.54) is 11.6 Å². The molecular weight excluding hydrogens is 270 g/mol. The summed E-state index contributed by atoms with van der Waals surface area (Å²) in [6, 6.07) is 9.71. The lowest BCUT2D eigenvalue weighted by atomic mass is 9.94. The molecule has 0 aromatic heterocycles. The number of aryl methyl sites for hydroxylation is 1. The highest BCUT2D eigenvalue weighted by molar-refractivity contribution is 5.37. The minimum atomic E-state index is -0.603. The Morgan fingerprint density at radius 1 is 0.952 bits per heavy atom. The zero-order valence-electron chi connectivity index (χ0n) is 12.5. The van der Waals surface area contributed by atoms with Gasteiger partial charge in [-0.05, 0) is 35.6 Å². The van der Waals surface area contributed by atoms with E-state index in [-0.39, 0.29) is 0 Å². The van der Waals surface area contributed by atoms with Crippen LogP contribution in [-0.2, 0) is 0 Å². The fraction of sp³-hybridized carbons (Fsp3) is 0.294. The van der Waals surface area contributed by atoms with E-state index in [1.54, 1.807) is 6.92 Å². The van der Waals surface area contributed by atoms with Crippen LogP contribution in [0.2, 0.25) is 0 Å². The number of hydrogen-bond donors (Lipinski definition) is 2. The predicted octanol–water partition coefficient (Wildman–Crippen LogP) is 3.95. The smallest absolute Gasteiger partial charge is 0.131 e. The van der Waals surface area contributed by atoms with E-state index in [1.807, 2.05) is 24.3 Å². The Kier molecular flexibility index (Phi) is 4.70. The van der Waals surface area contributed by atoms with Crippen molar-refractivity contribution in [1.82, 2.24) is 5.43 Å². The van der Waals surface area contributed by atoms with Crippen LogP contribution in [0.15, 0.2) is 36.4 Å². The fourth-order valence-electron chi connectivity index (χ4n) is 2.34. The largest absolute Gasteiger partial charge is 0.271 e. The Morgan fingerprint density at radius 2 is 1.52 bits per heavy atom. The molecule has 0 amide bonds. The molecule has 0 heterocycles. The van der Waals surface area contributed by atoms with Crippen molar-refractivity contribution in [2.24, 2.45) is 5.84 Å². The summed E-state index contributed by atoms with van der Waals surface area (Å²) in [5.74, 6) is 4.85. The van der Waals surface area contributed by atoms with E-state index in [2.05, 4.69) is 19.3 Å². The van der Waals surface area contributed by atoms with Crippen molar-refractivity contribution in [3.05, 3.63) is 70.3 Å². The third-order valence-electron chi connectivity index (χ3n) is 3.69. The first kappa shape index (κ1) is 15.6. The summed E-state index contributed by atoms with van der Waals surface area (Å²) in [5.41, 5.74) is 5.38. The van der Waals surface area contributed by atoms with Crippen LogP contribution in [0.5, 0.6) is 0 Å². The summed E-state index contributed by atoms with van der Waals surface area (Å²) in [4.78, 5) is 0. The molecule has 2 rings (SSSR count). The summed E-state index contributed by atoms with van der Waals surface area (Å²) >= 11 is 0. The second-order valence-corrected chi connectivity index (χ2v) is 5.54. The molecule has 1 unspecified atom stereocenters. The van der Waals surface area contributed by atoms with Crippen LogP contribution < -0.4 is 11.3 Å². The zero-order valence-corrected chi connectivity index (χ0v) is 12.5. The van der Waals surface area contributed by atoms with Gasteiger partial charge in [0.25, 0.3) is 0 Å². The lowest BCUT2D eigenvalue weighted by Crippen LogP contribution is -2.29. The zero-order chi connectivity index (χ0) is 15.6. The van der Waals surface area contributed by atoms with Gasteiger partial charge >= 0.3 is 0 Å². The average molecular weight is 290 g/mol. The molecular formula is C17H20F2N2. The Balaban J connectivity index is 2.42. The summed E-state index contributed by atoms with van der Waals surface area (Å²) in [6.45, 7) is 5.82. The minimum Gasteiger partial charge on any atom is -0.271 e. The van der Waals surface area contributed by atoms with Gasteiger partial charge in [-0.3, -0.25) is 5.84 Å². The molecule has 0 aliphatic heterocycles. The van der Waals surface area contributed by atoms with E-state index in [0.717, 1.165) is 11.6 Å². The molecule has 0 fully saturated rings. The van der Waals surface area contributed by atoms with Crippen LogP contribution >= 0.6 is 0 Å². The van der Waals surface area contributed by atoms with Gasteiger partial charge in [-0.25, -0.2) is 14.2 Å². The maximum Gasteiger partial charge on any atom is 0.131 e. The number of benzene rings is 2. The quantitative estimate of drug-likeness (QED) is 0.661. The van der Waals surface area contributed by atoms with Crippen molar-refractivity contribution in [2.45, 2.75) is 32.7 Å². The lowest BCUT2D eigenvalue weighted by Gasteiger charge is -2.19. The van der Waals surface area contributed by atoms with Gasteiger partial charge in [0.2, 0.25) is 0 Å². The van der Waals surface area contributed by atoms with Crippen LogP contribution in [0, 0.1) is 18.6 Å². The van der Waals surface area contributed by atoms with Crippen LogP contribution in [-0.4, -0.2) is 0 Å². The number of hydrazine groups is 1. The number of halogens is 2. The molecule has 0 saturated carbocycles. The average Bonchev–Trinajstić information content (AvgIpc) is 2.45. The highest BCUT2D eigenvalue weighted by Gasteiger charge is 2.18. The fourth-order valence-corrected chi connectivity index (χ4v) is 2.34. The maximum atomic E-state index is 14.0. The molecule has 112 valence electrons. The molecule has 0 spiro atoms. The van der Waals surface area contributed by atoms with Gasteiger partial charge in [0.15, 0.2) is 0 Å². The molecule has 21 heavy (non-hydrogen) atoms. The third kappa shape index (κ3) is 3.28. The Bertz CT molecular complexity index is 621. The molecule has 0 saturated heterocycles. The second-order valence-electron chi connectivity index (χ2n) is 5.54. The van der Waals surface area contributed by atoms with Crippen molar-refractivity contribution in [3.63, 3.8) is 0 Å². The topological polar surface area (TPSA) is 38.0 Å². The number of nitrogens with two attached hydrogens (primary N) is 1. The lowest BCUT2D eigenvalue weighted by molar-refractivity contribution is 0.538. The van der Waals surface area contributed by atoms with E-state index in [9.17, 15) is 8.78 Å². The highest BCUT2D eigenvalue weighted by atomic mass is 19.1. The van der Waals surface area contributed by atoms with E-state index in [4.69, 9.17) is 5.84 Å². The van der Waals surface area contributed by atoms with Crippen molar-refractivity contribution in [3.8, 4) is 0 Å². The summed E-state index contributed by atoms with van der Waals surface area (Å²) in [5, 5.41) is 0. The molecule has 3 N–H and O–H groups in total. The van der Waals surface area contributed by atoms with Gasteiger partial charge in [-0.2, -0.15) is 0 Å². The molecule has 2 aromatic rings. The van der Waals surface area contributed by atoms with Crippen LogP contribution in [0.4, 0.5) is 8.78 Å². The van der Waals surface area contributed by atoms with Crippen LogP contribution in [0.25, 0.3) is 0 Å². The molecule has 0 bridgehead atoms. The third-order valence-corrected chi connectivity index (χ3v) is 3.69. The van der Waals surface area contributed by atoms with E-state index in [0.29, 0.717) is 17.0 Å². The number of rotatable bonds is 4. The highest BCUT2D eigenvalue weighted by Crippen LogP contribution is 2.27. The molecule has 0 aliphatic rings. The monoisotopic (exact) mass is 290 g/mol. The van der Waals surface area contributed by atoms with E-state index < -0.39 is 17.7 Å². The van der Waals surface area contributed by atoms with Gasteiger partial charge in [0.1, 0.15) is 11.6 Å². The summed E-state index contributed by atoms with van der Waals surface area (Å²) in [7, 11) is 0. The van der Waals surface area contributed by atoms with Crippen LogP contribution in [0.1, 0.15) is 48.1 Å². The van der Waals surface area contributed by atoms with E-state index >= 15 is 0 Å². The van der Waals surface area contributed by atoms with Crippen molar-refractivity contribution < 1.29 is 8.78 Å². The van der Waals surface area contributed by atoms with Gasteiger partial charge in [0.05, 0.1) is 6.04 Å². The van der Waals surface area contributed by atoms with Crippen molar-refractivity contribution in [1.29, 1.82) is 0 Å². The van der Waals surface area contributed by atoms with Crippen molar-refractivity contribution in [2.75, 3.05) is 0 Å². The second kappa shape index (κ2) is 6.33. The minimum absolute atomic E-state index is 0.341. The van der Waals surface area contributed by atoms with Gasteiger partial charge < -0.3 is 0 Å². The molecule has 2 nitrogen and oxygen atoms in total. The molecule has 1 atom stereocenters. The molecule has 2 aromatic carbocycles. The molecule has 0 radical (unpaired) electrons. The predicted molar refractivity (Wildman–Crippen MR) is 80.8 cm³/mol. The van der Waals surface area contributed by atoms with Gasteiger partial charge in [-0.1, -0.05) is 38.1 Å². The Labute approximate surface area is 124 Å². The first-order valence-electron chi connectivity index (χ1n) is 6.95. The van der Waals surface area contributed by atoms with Crippen molar-refractivity contribution >= 4 is 0 Å². The first-order valence-corrected chi connectivity index (χ1v) is 6.95. The summed E-state index contributed by atoms with van der Waals surface area (Å²) in [6.07, 6.45) is 0. The van der Waals surface area contributed by atoms with Gasteiger partial charge in [-0.15, -0.1) is 0 Å². The maximum absolute atomic E-state index is 14.0. The number of hydrogen-bond acceptors (Lipinski definition) is 2. The Hall–Kier alpha value is -1.78. The SMILES string of the molecule is Cc1cc(C(NN)c2ccc(C(C)C)cc2)c(F)cc1F. The first-order chi connectivity index (χ1) is 9.93. The van der Waals surface area contributed by atoms with Crippen LogP contribution in [0.3, 0.4) is 0 Å². The summed E-state index contributed by atoms with van der Waals surface area (Å²) < 4.78 is 27.4. The van der Waals surface area contributed by atoms with Gasteiger partial charge in [0, 0.05) is 11.6 Å². The Morgan fingerprint density at radius 3 is 2.05 bits per heavy atom. The standard InChI is InChI=1S/C17H20F2N2/c1-10(2)12-4-6-13(7-5-12)17(21-20)14-8-11(3)15(18)9-16(14)19/h4-10,17,21H,20H2,1-3H3. The normalized spacial score (nSPS) is 12.7.